The van der Waals surface area contributed by atoms with Gasteiger partial charge in [-0.3, -0.25) is 4.57 Å². The van der Waals surface area contributed by atoms with Gasteiger partial charge in [0.25, 0.3) is 0 Å². The third kappa shape index (κ3) is 3.98. The smallest absolute Gasteiger partial charge is 0.238 e. The Labute approximate surface area is 280 Å². The predicted molar refractivity (Wildman–Crippen MR) is 195 cm³/mol. The lowest BCUT2D eigenvalue weighted by Crippen LogP contribution is -2.15. The normalized spacial score (nSPS) is 16.6. The summed E-state index contributed by atoms with van der Waals surface area (Å²) in [6.07, 6.45) is 8.52. The van der Waals surface area contributed by atoms with Gasteiger partial charge >= 0.3 is 0 Å². The number of aromatic nitrogens is 4. The Balaban J connectivity index is 1.23. The minimum absolute atomic E-state index is 0.0166. The van der Waals surface area contributed by atoms with Crippen LogP contribution in [0.1, 0.15) is 11.5 Å². The van der Waals surface area contributed by atoms with Crippen LogP contribution in [0.15, 0.2) is 150 Å². The zero-order valence-corrected chi connectivity index (χ0v) is 26.1. The molecule has 2 atom stereocenters. The minimum Gasteiger partial charge on any atom is -0.485 e. The van der Waals surface area contributed by atoms with Gasteiger partial charge in [-0.1, -0.05) is 103 Å². The third-order valence-corrected chi connectivity index (χ3v) is 9.96. The van der Waals surface area contributed by atoms with Crippen molar-refractivity contribution in [3.05, 3.63) is 151 Å². The van der Waals surface area contributed by atoms with Gasteiger partial charge in [0.05, 0.1) is 11.0 Å². The first-order chi connectivity index (χ1) is 24.2. The van der Waals surface area contributed by atoms with E-state index in [0.29, 0.717) is 17.6 Å². The Bertz CT molecular complexity index is 2880. The Morgan fingerprint density at radius 2 is 1.29 bits per heavy atom. The number of hydrogen-bond acceptors (Lipinski definition) is 5. The fourth-order valence-electron chi connectivity index (χ4n) is 7.62. The van der Waals surface area contributed by atoms with E-state index in [4.69, 9.17) is 24.1 Å². The number of allylic oxidation sites excluding steroid dienone is 2. The minimum atomic E-state index is -0.0166. The molecule has 0 spiro atoms. The first-order valence-electron chi connectivity index (χ1n) is 16.5. The van der Waals surface area contributed by atoms with Crippen molar-refractivity contribution < 1.29 is 9.15 Å². The van der Waals surface area contributed by atoms with Gasteiger partial charge in [0.15, 0.2) is 11.6 Å². The fraction of sp³-hybridized carbons (Fsp3) is 0.0465. The molecule has 3 aromatic heterocycles. The highest BCUT2D eigenvalue weighted by Gasteiger charge is 2.33. The molecule has 0 saturated heterocycles. The van der Waals surface area contributed by atoms with E-state index in [2.05, 4.69) is 108 Å². The number of benzene rings is 6. The fourth-order valence-corrected chi connectivity index (χ4v) is 7.62. The highest BCUT2D eigenvalue weighted by Crippen LogP contribution is 2.46. The number of fused-ring (bicyclic) bond motifs is 10. The Morgan fingerprint density at radius 3 is 2.20 bits per heavy atom. The average molecular weight is 631 g/mol. The van der Waals surface area contributed by atoms with Crippen molar-refractivity contribution in [2.75, 3.05) is 0 Å². The van der Waals surface area contributed by atoms with E-state index in [-0.39, 0.29) is 12.0 Å². The van der Waals surface area contributed by atoms with Crippen LogP contribution in [-0.2, 0) is 0 Å². The molecule has 1 aliphatic carbocycles. The standard InChI is InChI=1S/C43H26N4O2/c1-2-11-26(12-3-1)41-44-42(28-19-18-25-10-4-5-13-27(25)20-28)46-43(45-41)47-35-23-39-33(29-14-6-8-16-37(29)48-39)21-31(35)32-22-34-30-15-7-9-17-38(30)49-40(34)24-36(32)47/h1-24,29,37H. The molecule has 0 N–H and O–H groups in total. The molecular formula is C43H26N4O2. The molecule has 2 unspecified atom stereocenters. The van der Waals surface area contributed by atoms with Crippen molar-refractivity contribution in [1.82, 2.24) is 19.5 Å². The summed E-state index contributed by atoms with van der Waals surface area (Å²) >= 11 is 0. The molecule has 0 amide bonds. The molecule has 1 aliphatic heterocycles. The predicted octanol–water partition coefficient (Wildman–Crippen LogP) is 10.3. The van der Waals surface area contributed by atoms with Crippen LogP contribution in [0, 0.1) is 0 Å². The van der Waals surface area contributed by atoms with Crippen molar-refractivity contribution in [3.63, 3.8) is 0 Å². The van der Waals surface area contributed by atoms with Crippen molar-refractivity contribution in [2.24, 2.45) is 0 Å². The summed E-state index contributed by atoms with van der Waals surface area (Å²) in [6, 6.07) is 41.9. The second-order valence-electron chi connectivity index (χ2n) is 12.8. The first-order valence-corrected chi connectivity index (χ1v) is 16.5. The summed E-state index contributed by atoms with van der Waals surface area (Å²) < 4.78 is 15.1. The molecule has 0 saturated carbocycles. The molecule has 6 aromatic carbocycles. The van der Waals surface area contributed by atoms with Crippen molar-refractivity contribution >= 4 is 54.5 Å². The molecule has 9 aromatic rings. The number of nitrogens with zero attached hydrogens (tertiary/aromatic N) is 4. The van der Waals surface area contributed by atoms with Crippen LogP contribution in [0.5, 0.6) is 5.75 Å². The first kappa shape index (κ1) is 26.5. The highest BCUT2D eigenvalue weighted by molar-refractivity contribution is 6.17. The maximum absolute atomic E-state index is 6.53. The second-order valence-corrected chi connectivity index (χ2v) is 12.8. The van der Waals surface area contributed by atoms with Gasteiger partial charge < -0.3 is 9.15 Å². The molecule has 0 fully saturated rings. The summed E-state index contributed by atoms with van der Waals surface area (Å²) in [4.78, 5) is 15.4. The number of ether oxygens (including phenoxy) is 1. The summed E-state index contributed by atoms with van der Waals surface area (Å²) in [6.45, 7) is 0. The Hall–Kier alpha value is -6.53. The molecule has 0 radical (unpaired) electrons. The quantitative estimate of drug-likeness (QED) is 0.194. The number of rotatable bonds is 3. The van der Waals surface area contributed by atoms with Crippen LogP contribution < -0.4 is 4.74 Å². The van der Waals surface area contributed by atoms with Crippen LogP contribution >= 0.6 is 0 Å². The monoisotopic (exact) mass is 630 g/mol. The van der Waals surface area contributed by atoms with Gasteiger partial charge in [0, 0.05) is 56.3 Å². The summed E-state index contributed by atoms with van der Waals surface area (Å²) in [5, 5.41) is 6.68. The second kappa shape index (κ2) is 9.99. The number of hydrogen-bond donors (Lipinski definition) is 0. The molecular weight excluding hydrogens is 604 g/mol. The van der Waals surface area contributed by atoms with Crippen molar-refractivity contribution in [2.45, 2.75) is 12.0 Å². The Morgan fingerprint density at radius 1 is 0.531 bits per heavy atom. The van der Waals surface area contributed by atoms with Gasteiger partial charge in [-0.25, -0.2) is 4.98 Å². The lowest BCUT2D eigenvalue weighted by molar-refractivity contribution is 0.269. The summed E-state index contributed by atoms with van der Waals surface area (Å²) in [5.41, 5.74) is 6.62. The molecule has 0 bridgehead atoms. The lowest BCUT2D eigenvalue weighted by atomic mass is 9.91. The van der Waals surface area contributed by atoms with Crippen LogP contribution in [-0.4, -0.2) is 25.6 Å². The van der Waals surface area contributed by atoms with Crippen LogP contribution in [0.3, 0.4) is 0 Å². The van der Waals surface area contributed by atoms with Gasteiger partial charge in [-0.2, -0.15) is 9.97 Å². The largest absolute Gasteiger partial charge is 0.485 e. The zero-order valence-electron chi connectivity index (χ0n) is 26.1. The van der Waals surface area contributed by atoms with Crippen molar-refractivity contribution in [3.8, 4) is 34.5 Å². The molecule has 2 aliphatic rings. The van der Waals surface area contributed by atoms with E-state index in [1.807, 2.05) is 42.5 Å². The van der Waals surface area contributed by atoms with E-state index in [1.54, 1.807) is 0 Å². The van der Waals surface area contributed by atoms with E-state index >= 15 is 0 Å². The molecule has 230 valence electrons. The molecule has 6 nitrogen and oxygen atoms in total. The summed E-state index contributed by atoms with van der Waals surface area (Å²) in [7, 11) is 0. The lowest BCUT2D eigenvalue weighted by Gasteiger charge is -2.13. The SMILES string of the molecule is C1=CC2Oc3cc4c(cc3C2C=C1)c1cc2c(cc1n4-c1nc(-c3ccccc3)nc(-c3ccc4ccccc4c3)n1)oc1ccccc12. The van der Waals surface area contributed by atoms with Gasteiger partial charge in [0.2, 0.25) is 5.95 Å². The maximum Gasteiger partial charge on any atom is 0.238 e. The third-order valence-electron chi connectivity index (χ3n) is 9.96. The molecule has 4 heterocycles. The average Bonchev–Trinajstić information content (AvgIpc) is 3.81. The van der Waals surface area contributed by atoms with Gasteiger partial charge in [-0.05, 0) is 41.1 Å². The number of furan rings is 1. The highest BCUT2D eigenvalue weighted by atomic mass is 16.5. The molecule has 49 heavy (non-hydrogen) atoms. The number of para-hydroxylation sites is 1. The van der Waals surface area contributed by atoms with E-state index in [9.17, 15) is 0 Å². The zero-order chi connectivity index (χ0) is 32.1. The topological polar surface area (TPSA) is 66.0 Å². The maximum atomic E-state index is 6.53. The molecule has 11 rings (SSSR count). The van der Waals surface area contributed by atoms with E-state index in [1.165, 1.54) is 10.9 Å². The van der Waals surface area contributed by atoms with E-state index < -0.39 is 0 Å². The van der Waals surface area contributed by atoms with Crippen LogP contribution in [0.4, 0.5) is 0 Å². The Kier molecular flexibility index (Phi) is 5.41. The van der Waals surface area contributed by atoms with Crippen molar-refractivity contribution in [1.29, 1.82) is 0 Å². The molecule has 6 heteroatoms. The van der Waals surface area contributed by atoms with Gasteiger partial charge in [-0.15, -0.1) is 0 Å². The van der Waals surface area contributed by atoms with E-state index in [0.717, 1.165) is 66.0 Å². The van der Waals surface area contributed by atoms with Gasteiger partial charge in [0.1, 0.15) is 23.0 Å². The summed E-state index contributed by atoms with van der Waals surface area (Å²) in [5.74, 6) is 2.79. The van der Waals surface area contributed by atoms with Crippen LogP contribution in [0.25, 0.3) is 83.2 Å². The van der Waals surface area contributed by atoms with Crippen LogP contribution in [0.2, 0.25) is 0 Å².